The van der Waals surface area contributed by atoms with Crippen LogP contribution in [0.25, 0.3) is 11.0 Å². The Morgan fingerprint density at radius 1 is 1.28 bits per heavy atom. The highest BCUT2D eigenvalue weighted by Crippen LogP contribution is 2.27. The number of H-pyrrole nitrogens is 1. The van der Waals surface area contributed by atoms with Gasteiger partial charge in [0.15, 0.2) is 5.16 Å². The smallest absolute Gasteiger partial charge is 0.236 e. The van der Waals surface area contributed by atoms with Gasteiger partial charge in [0, 0.05) is 18.1 Å². The van der Waals surface area contributed by atoms with Crippen molar-refractivity contribution in [3.63, 3.8) is 0 Å². The molecule has 25 heavy (non-hydrogen) atoms. The van der Waals surface area contributed by atoms with Gasteiger partial charge < -0.3 is 9.88 Å². The average molecular weight is 372 g/mol. The van der Waals surface area contributed by atoms with Crippen LogP contribution < -0.4 is 0 Å². The Hall–Kier alpha value is -1.98. The molecule has 0 saturated carbocycles. The van der Waals surface area contributed by atoms with Crippen molar-refractivity contribution in [1.82, 2.24) is 14.9 Å². The third-order valence-electron chi connectivity index (χ3n) is 4.50. The number of carbonyl (C=O) groups is 1. The van der Waals surface area contributed by atoms with Crippen molar-refractivity contribution in [3.05, 3.63) is 58.6 Å². The topological polar surface area (TPSA) is 49.0 Å². The van der Waals surface area contributed by atoms with Crippen LogP contribution in [0.2, 0.25) is 5.02 Å². The van der Waals surface area contributed by atoms with E-state index in [0.717, 1.165) is 29.2 Å². The van der Waals surface area contributed by atoms with Crippen LogP contribution in [0, 0.1) is 0 Å². The lowest BCUT2D eigenvalue weighted by molar-refractivity contribution is -0.131. The second-order valence-corrected chi connectivity index (χ2v) is 8.01. The molecular formula is C19H18ClN3OS. The number of thioether (sulfide) groups is 1. The van der Waals surface area contributed by atoms with Gasteiger partial charge in [0.05, 0.1) is 16.3 Å². The monoisotopic (exact) mass is 371 g/mol. The molecule has 0 aliphatic carbocycles. The lowest BCUT2D eigenvalue weighted by Crippen LogP contribution is -2.40. The van der Waals surface area contributed by atoms with E-state index in [1.165, 1.54) is 22.9 Å². The fourth-order valence-electron chi connectivity index (χ4n) is 3.17. The number of benzene rings is 2. The Morgan fingerprint density at radius 2 is 2.08 bits per heavy atom. The summed E-state index contributed by atoms with van der Waals surface area (Å²) in [5, 5.41) is 1.22. The number of hydrogen-bond acceptors (Lipinski definition) is 3. The summed E-state index contributed by atoms with van der Waals surface area (Å²) < 4.78 is 0. The number of fused-ring (bicyclic) bond motifs is 2. The van der Waals surface area contributed by atoms with Gasteiger partial charge in [0.25, 0.3) is 0 Å². The van der Waals surface area contributed by atoms with E-state index < -0.39 is 0 Å². The zero-order valence-electron chi connectivity index (χ0n) is 13.8. The zero-order chi connectivity index (χ0) is 17.4. The minimum atomic E-state index is -0.193. The molecule has 1 aliphatic rings. The van der Waals surface area contributed by atoms with Crippen LogP contribution >= 0.6 is 23.4 Å². The Kier molecular flexibility index (Phi) is 4.44. The highest BCUT2D eigenvalue weighted by molar-refractivity contribution is 8.00. The van der Waals surface area contributed by atoms with Gasteiger partial charge >= 0.3 is 0 Å². The molecule has 3 aromatic rings. The van der Waals surface area contributed by atoms with Crippen molar-refractivity contribution in [3.8, 4) is 0 Å². The number of imidazole rings is 1. The van der Waals surface area contributed by atoms with Crippen LogP contribution in [0.3, 0.4) is 0 Å². The van der Waals surface area contributed by atoms with E-state index in [-0.39, 0.29) is 11.2 Å². The molecule has 0 spiro atoms. The van der Waals surface area contributed by atoms with E-state index in [1.807, 2.05) is 36.1 Å². The van der Waals surface area contributed by atoms with E-state index in [0.29, 0.717) is 11.6 Å². The van der Waals surface area contributed by atoms with Crippen molar-refractivity contribution < 1.29 is 4.79 Å². The molecular weight excluding hydrogens is 354 g/mol. The zero-order valence-corrected chi connectivity index (χ0v) is 15.4. The number of carbonyl (C=O) groups excluding carboxylic acids is 1. The summed E-state index contributed by atoms with van der Waals surface area (Å²) in [7, 11) is 0. The molecule has 1 aromatic heterocycles. The lowest BCUT2D eigenvalue weighted by Gasteiger charge is -2.30. The van der Waals surface area contributed by atoms with Crippen LogP contribution in [-0.2, 0) is 17.8 Å². The minimum absolute atomic E-state index is 0.151. The number of rotatable bonds is 3. The van der Waals surface area contributed by atoms with Gasteiger partial charge in [-0.15, -0.1) is 0 Å². The molecule has 2 heterocycles. The Labute approximate surface area is 155 Å². The Bertz CT molecular complexity index is 939. The number of nitrogens with zero attached hydrogens (tertiary/aromatic N) is 2. The Balaban J connectivity index is 1.47. The van der Waals surface area contributed by atoms with Crippen LogP contribution in [-0.4, -0.2) is 32.6 Å². The lowest BCUT2D eigenvalue weighted by atomic mass is 10.00. The van der Waals surface area contributed by atoms with Crippen molar-refractivity contribution in [2.75, 3.05) is 6.54 Å². The van der Waals surface area contributed by atoms with Gasteiger partial charge in [-0.3, -0.25) is 4.79 Å². The minimum Gasteiger partial charge on any atom is -0.337 e. The maximum absolute atomic E-state index is 12.8. The standard InChI is InChI=1S/C19H18ClN3OS/c1-12(25-19-21-16-7-6-15(20)10-17(16)22-19)18(24)23-9-8-13-4-2-3-5-14(13)11-23/h2-7,10,12H,8-9,11H2,1H3,(H,21,22). The van der Waals surface area contributed by atoms with Crippen molar-refractivity contribution in [2.24, 2.45) is 0 Å². The van der Waals surface area contributed by atoms with E-state index in [4.69, 9.17) is 11.6 Å². The number of amides is 1. The largest absolute Gasteiger partial charge is 0.337 e. The Morgan fingerprint density at radius 3 is 2.92 bits per heavy atom. The molecule has 1 N–H and O–H groups in total. The number of hydrogen-bond donors (Lipinski definition) is 1. The molecule has 0 bridgehead atoms. The molecule has 2 aromatic carbocycles. The molecule has 6 heteroatoms. The second kappa shape index (κ2) is 6.73. The van der Waals surface area contributed by atoms with Gasteiger partial charge in [0.2, 0.25) is 5.91 Å². The molecule has 0 saturated heterocycles. The van der Waals surface area contributed by atoms with Crippen LogP contribution in [0.5, 0.6) is 0 Å². The third-order valence-corrected chi connectivity index (χ3v) is 5.71. The molecule has 128 valence electrons. The highest BCUT2D eigenvalue weighted by Gasteiger charge is 2.25. The predicted octanol–water partition coefficient (Wildman–Crippen LogP) is 4.28. The van der Waals surface area contributed by atoms with Crippen molar-refractivity contribution in [2.45, 2.75) is 30.3 Å². The third kappa shape index (κ3) is 3.39. The van der Waals surface area contributed by atoms with Crippen molar-refractivity contribution >= 4 is 40.3 Å². The summed E-state index contributed by atoms with van der Waals surface area (Å²) in [6.45, 7) is 3.40. The fraction of sp³-hybridized carbons (Fsp3) is 0.263. The second-order valence-electron chi connectivity index (χ2n) is 6.24. The fourth-order valence-corrected chi connectivity index (χ4v) is 4.25. The number of nitrogens with one attached hydrogen (secondary N) is 1. The molecule has 4 rings (SSSR count). The van der Waals surface area contributed by atoms with Crippen LogP contribution in [0.4, 0.5) is 0 Å². The van der Waals surface area contributed by atoms with Crippen molar-refractivity contribution in [1.29, 1.82) is 0 Å². The van der Waals surface area contributed by atoms with E-state index in [1.54, 1.807) is 0 Å². The summed E-state index contributed by atoms with van der Waals surface area (Å²) in [5.74, 6) is 0.151. The van der Waals surface area contributed by atoms with Gasteiger partial charge in [-0.2, -0.15) is 0 Å². The highest BCUT2D eigenvalue weighted by atomic mass is 35.5. The molecule has 1 atom stereocenters. The number of aromatic nitrogens is 2. The SMILES string of the molecule is CC(Sc1nc2ccc(Cl)cc2[nH]1)C(=O)N1CCc2ccccc2C1. The summed E-state index contributed by atoms with van der Waals surface area (Å²) in [6.07, 6.45) is 0.919. The van der Waals surface area contributed by atoms with E-state index >= 15 is 0 Å². The first kappa shape index (κ1) is 16.5. The first-order valence-corrected chi connectivity index (χ1v) is 9.53. The first-order valence-electron chi connectivity index (χ1n) is 8.27. The van der Waals surface area contributed by atoms with Gasteiger partial charge in [-0.1, -0.05) is 47.6 Å². The maximum atomic E-state index is 12.8. The summed E-state index contributed by atoms with van der Waals surface area (Å²) in [6, 6.07) is 13.9. The number of aromatic amines is 1. The molecule has 0 radical (unpaired) electrons. The summed E-state index contributed by atoms with van der Waals surface area (Å²) in [4.78, 5) is 22.5. The molecule has 1 aliphatic heterocycles. The predicted molar refractivity (Wildman–Crippen MR) is 102 cm³/mol. The summed E-state index contributed by atoms with van der Waals surface area (Å²) in [5.41, 5.74) is 4.35. The van der Waals surface area contributed by atoms with Crippen LogP contribution in [0.15, 0.2) is 47.6 Å². The first-order chi connectivity index (χ1) is 12.1. The van der Waals surface area contributed by atoms with E-state index in [9.17, 15) is 4.79 Å². The van der Waals surface area contributed by atoms with Gasteiger partial charge in [-0.25, -0.2) is 4.98 Å². The van der Waals surface area contributed by atoms with Crippen LogP contribution in [0.1, 0.15) is 18.1 Å². The molecule has 0 fully saturated rings. The molecule has 4 nitrogen and oxygen atoms in total. The van der Waals surface area contributed by atoms with Gasteiger partial charge in [-0.05, 0) is 42.7 Å². The van der Waals surface area contributed by atoms with E-state index in [2.05, 4.69) is 28.2 Å². The number of halogens is 1. The molecule has 1 amide bonds. The molecule has 1 unspecified atom stereocenters. The normalized spacial score (nSPS) is 15.2. The summed E-state index contributed by atoms with van der Waals surface area (Å²) >= 11 is 7.47. The quantitative estimate of drug-likeness (QED) is 0.699. The average Bonchev–Trinajstić information content (AvgIpc) is 3.01. The maximum Gasteiger partial charge on any atom is 0.236 e. The van der Waals surface area contributed by atoms with Gasteiger partial charge in [0.1, 0.15) is 0 Å².